The fourth-order valence-corrected chi connectivity index (χ4v) is 1.87. The van der Waals surface area contributed by atoms with E-state index in [1.165, 1.54) is 7.11 Å². The van der Waals surface area contributed by atoms with E-state index in [4.69, 9.17) is 0 Å². The molecule has 1 heterocycles. The van der Waals surface area contributed by atoms with Gasteiger partial charge in [0.05, 0.1) is 7.11 Å². The summed E-state index contributed by atoms with van der Waals surface area (Å²) in [5, 5.41) is 3.18. The Balaban J connectivity index is 2.11. The minimum Gasteiger partial charge on any atom is -0.468 e. The largest absolute Gasteiger partial charge is 0.468 e. The number of nitrogens with one attached hydrogen (secondary N) is 1. The molecule has 3 heteroatoms. The topological polar surface area (TPSA) is 38.3 Å². The molecule has 3 nitrogen and oxygen atoms in total. The molecule has 1 aliphatic carbocycles. The first-order chi connectivity index (χ1) is 4.79. The third kappa shape index (κ3) is 0.560. The summed E-state index contributed by atoms with van der Waals surface area (Å²) < 4.78 is 4.68. The van der Waals surface area contributed by atoms with Crippen LogP contribution in [0, 0.1) is 5.92 Å². The molecule has 2 rings (SSSR count). The van der Waals surface area contributed by atoms with Gasteiger partial charge in [0.15, 0.2) is 0 Å². The Bertz CT molecular complexity index is 180. The van der Waals surface area contributed by atoms with Crippen LogP contribution in [-0.4, -0.2) is 25.2 Å². The monoisotopic (exact) mass is 141 g/mol. The lowest BCUT2D eigenvalue weighted by Crippen LogP contribution is -2.37. The summed E-state index contributed by atoms with van der Waals surface area (Å²) >= 11 is 0. The van der Waals surface area contributed by atoms with Gasteiger partial charge in [0.1, 0.15) is 5.54 Å². The quantitative estimate of drug-likeness (QED) is 0.519. The Morgan fingerprint density at radius 2 is 2.60 bits per heavy atom. The highest BCUT2D eigenvalue weighted by Gasteiger charge is 2.63. The van der Waals surface area contributed by atoms with E-state index in [0.717, 1.165) is 19.4 Å². The average Bonchev–Trinajstić information content (AvgIpc) is 2.54. The third-order valence-corrected chi connectivity index (χ3v) is 2.59. The molecular weight excluding hydrogens is 130 g/mol. The molecule has 0 unspecified atom stereocenters. The molecule has 2 atom stereocenters. The standard InChI is InChI=1S/C7H11NO2/c1-10-6(9)7-4-5(7)2-3-8-7/h5,8H,2-4H2,1H3/t5-,7-/m0/s1. The highest BCUT2D eigenvalue weighted by atomic mass is 16.5. The molecule has 0 spiro atoms. The SMILES string of the molecule is COC(=O)[C@]12C[C@@H]1CCN2. The van der Waals surface area contributed by atoms with Crippen LogP contribution in [0.5, 0.6) is 0 Å². The van der Waals surface area contributed by atoms with Crippen molar-refractivity contribution in [2.45, 2.75) is 18.4 Å². The highest BCUT2D eigenvalue weighted by Crippen LogP contribution is 2.50. The fraction of sp³-hybridized carbons (Fsp3) is 0.857. The lowest BCUT2D eigenvalue weighted by Gasteiger charge is -2.08. The number of fused-ring (bicyclic) bond motifs is 1. The first-order valence-corrected chi connectivity index (χ1v) is 3.63. The summed E-state index contributed by atoms with van der Waals surface area (Å²) in [6.45, 7) is 0.972. The first kappa shape index (κ1) is 6.16. The fourth-order valence-electron chi connectivity index (χ4n) is 1.87. The van der Waals surface area contributed by atoms with Crippen molar-refractivity contribution in [1.29, 1.82) is 0 Å². The van der Waals surface area contributed by atoms with E-state index in [2.05, 4.69) is 10.1 Å². The number of carbonyl (C=O) groups excluding carboxylic acids is 1. The number of hydrogen-bond acceptors (Lipinski definition) is 3. The number of ether oxygens (including phenoxy) is 1. The molecule has 1 aliphatic heterocycles. The molecule has 56 valence electrons. The summed E-state index contributed by atoms with van der Waals surface area (Å²) in [6, 6.07) is 0. The lowest BCUT2D eigenvalue weighted by atomic mass is 10.2. The van der Waals surface area contributed by atoms with Gasteiger partial charge in [0.25, 0.3) is 0 Å². The number of esters is 1. The van der Waals surface area contributed by atoms with Gasteiger partial charge in [-0.05, 0) is 25.3 Å². The van der Waals surface area contributed by atoms with Crippen LogP contribution in [0.2, 0.25) is 0 Å². The molecule has 0 aromatic rings. The summed E-state index contributed by atoms with van der Waals surface area (Å²) in [6.07, 6.45) is 2.12. The number of hydrogen-bond donors (Lipinski definition) is 1. The van der Waals surface area contributed by atoms with E-state index in [0.29, 0.717) is 5.92 Å². The Labute approximate surface area is 59.7 Å². The molecule has 0 radical (unpaired) electrons. The predicted octanol–water partition coefficient (Wildman–Crippen LogP) is -0.0886. The predicted molar refractivity (Wildman–Crippen MR) is 35.5 cm³/mol. The third-order valence-electron chi connectivity index (χ3n) is 2.59. The molecule has 0 bridgehead atoms. The molecular formula is C7H11NO2. The Kier molecular flexibility index (Phi) is 1.06. The summed E-state index contributed by atoms with van der Waals surface area (Å²) in [7, 11) is 1.45. The molecule has 0 aromatic heterocycles. The van der Waals surface area contributed by atoms with Crippen LogP contribution >= 0.6 is 0 Å². The van der Waals surface area contributed by atoms with Gasteiger partial charge >= 0.3 is 5.97 Å². The second-order valence-electron chi connectivity index (χ2n) is 3.08. The molecule has 2 aliphatic rings. The van der Waals surface area contributed by atoms with Crippen LogP contribution in [-0.2, 0) is 9.53 Å². The zero-order valence-corrected chi connectivity index (χ0v) is 6.02. The number of piperidine rings is 1. The van der Waals surface area contributed by atoms with Crippen molar-refractivity contribution in [2.75, 3.05) is 13.7 Å². The van der Waals surface area contributed by atoms with Crippen molar-refractivity contribution in [3.05, 3.63) is 0 Å². The lowest BCUT2D eigenvalue weighted by molar-refractivity contribution is -0.144. The maximum Gasteiger partial charge on any atom is 0.326 e. The minimum atomic E-state index is -0.241. The van der Waals surface area contributed by atoms with Crippen molar-refractivity contribution in [2.24, 2.45) is 5.92 Å². The average molecular weight is 141 g/mol. The Hall–Kier alpha value is -0.570. The van der Waals surface area contributed by atoms with E-state index < -0.39 is 0 Å². The summed E-state index contributed by atoms with van der Waals surface area (Å²) in [5.41, 5.74) is -0.241. The van der Waals surface area contributed by atoms with E-state index >= 15 is 0 Å². The smallest absolute Gasteiger partial charge is 0.326 e. The van der Waals surface area contributed by atoms with Crippen molar-refractivity contribution in [3.8, 4) is 0 Å². The number of methoxy groups -OCH3 is 1. The van der Waals surface area contributed by atoms with Crippen LogP contribution in [0.15, 0.2) is 0 Å². The van der Waals surface area contributed by atoms with Crippen molar-refractivity contribution >= 4 is 5.97 Å². The van der Waals surface area contributed by atoms with Gasteiger partial charge < -0.3 is 10.1 Å². The molecule has 0 aromatic carbocycles. The first-order valence-electron chi connectivity index (χ1n) is 3.63. The zero-order chi connectivity index (χ0) is 7.19. The minimum absolute atomic E-state index is 0.0741. The van der Waals surface area contributed by atoms with Gasteiger partial charge in [-0.2, -0.15) is 0 Å². The van der Waals surface area contributed by atoms with Crippen LogP contribution < -0.4 is 5.32 Å². The van der Waals surface area contributed by atoms with Gasteiger partial charge in [0.2, 0.25) is 0 Å². The van der Waals surface area contributed by atoms with E-state index in [1.807, 2.05) is 0 Å². The zero-order valence-electron chi connectivity index (χ0n) is 6.02. The molecule has 10 heavy (non-hydrogen) atoms. The highest BCUT2D eigenvalue weighted by molar-refractivity contribution is 5.85. The van der Waals surface area contributed by atoms with E-state index in [-0.39, 0.29) is 11.5 Å². The van der Waals surface area contributed by atoms with E-state index in [1.54, 1.807) is 0 Å². The van der Waals surface area contributed by atoms with Gasteiger partial charge in [-0.1, -0.05) is 0 Å². The van der Waals surface area contributed by atoms with Crippen LogP contribution in [0.3, 0.4) is 0 Å². The van der Waals surface area contributed by atoms with Crippen molar-refractivity contribution in [1.82, 2.24) is 5.32 Å². The molecule has 1 saturated heterocycles. The summed E-state index contributed by atoms with van der Waals surface area (Å²) in [5.74, 6) is 0.495. The Morgan fingerprint density at radius 1 is 1.80 bits per heavy atom. The molecule has 1 saturated carbocycles. The van der Waals surface area contributed by atoms with Crippen molar-refractivity contribution < 1.29 is 9.53 Å². The second-order valence-corrected chi connectivity index (χ2v) is 3.08. The van der Waals surface area contributed by atoms with E-state index in [9.17, 15) is 4.79 Å². The normalized spacial score (nSPS) is 42.7. The van der Waals surface area contributed by atoms with Gasteiger partial charge in [-0.15, -0.1) is 0 Å². The molecule has 0 amide bonds. The molecule has 1 N–H and O–H groups in total. The van der Waals surface area contributed by atoms with Crippen LogP contribution in [0.25, 0.3) is 0 Å². The number of rotatable bonds is 1. The maximum absolute atomic E-state index is 11.1. The second kappa shape index (κ2) is 1.72. The van der Waals surface area contributed by atoms with Gasteiger partial charge in [-0.3, -0.25) is 4.79 Å². The van der Waals surface area contributed by atoms with Gasteiger partial charge in [-0.25, -0.2) is 0 Å². The van der Waals surface area contributed by atoms with Gasteiger partial charge in [0, 0.05) is 0 Å². The molecule has 2 fully saturated rings. The van der Waals surface area contributed by atoms with Crippen molar-refractivity contribution in [3.63, 3.8) is 0 Å². The van der Waals surface area contributed by atoms with Crippen LogP contribution in [0.1, 0.15) is 12.8 Å². The van der Waals surface area contributed by atoms with Crippen LogP contribution in [0.4, 0.5) is 0 Å². The summed E-state index contributed by atoms with van der Waals surface area (Å²) in [4.78, 5) is 11.1. The number of carbonyl (C=O) groups is 1. The maximum atomic E-state index is 11.1. The Morgan fingerprint density at radius 3 is 3.00 bits per heavy atom.